The molecule has 0 rings (SSSR count). The highest BCUT2D eigenvalue weighted by Gasteiger charge is 2.13. The van der Waals surface area contributed by atoms with Gasteiger partial charge in [0.1, 0.15) is 0 Å². The SMILES string of the molecule is CCCCCCCCCCCCCCCCC=CC(CCCC(=O)O)C(=O)O. The quantitative estimate of drug-likeness (QED) is 0.157. The first-order valence-electron chi connectivity index (χ1n) is 11.7. The molecule has 28 heavy (non-hydrogen) atoms. The second-order valence-corrected chi connectivity index (χ2v) is 8.04. The van der Waals surface area contributed by atoms with E-state index in [4.69, 9.17) is 10.2 Å². The minimum Gasteiger partial charge on any atom is -0.481 e. The van der Waals surface area contributed by atoms with Crippen LogP contribution >= 0.6 is 0 Å². The van der Waals surface area contributed by atoms with Crippen LogP contribution in [-0.4, -0.2) is 22.2 Å². The maximum atomic E-state index is 11.2. The van der Waals surface area contributed by atoms with Gasteiger partial charge in [0.15, 0.2) is 0 Å². The van der Waals surface area contributed by atoms with Gasteiger partial charge in [-0.3, -0.25) is 9.59 Å². The summed E-state index contributed by atoms with van der Waals surface area (Å²) < 4.78 is 0. The Labute approximate surface area is 172 Å². The van der Waals surface area contributed by atoms with E-state index in [0.717, 1.165) is 12.8 Å². The van der Waals surface area contributed by atoms with Crippen molar-refractivity contribution in [1.29, 1.82) is 0 Å². The predicted molar refractivity (Wildman–Crippen MR) is 117 cm³/mol. The molecule has 4 nitrogen and oxygen atoms in total. The van der Waals surface area contributed by atoms with Crippen LogP contribution in [-0.2, 0) is 9.59 Å². The third kappa shape index (κ3) is 19.4. The van der Waals surface area contributed by atoms with Gasteiger partial charge in [-0.1, -0.05) is 103 Å². The van der Waals surface area contributed by atoms with Crippen LogP contribution in [0, 0.1) is 5.92 Å². The van der Waals surface area contributed by atoms with Crippen LogP contribution in [0.2, 0.25) is 0 Å². The Balaban J connectivity index is 3.44. The zero-order valence-electron chi connectivity index (χ0n) is 18.2. The summed E-state index contributed by atoms with van der Waals surface area (Å²) in [6.45, 7) is 2.26. The number of unbranched alkanes of at least 4 members (excludes halogenated alkanes) is 14. The minimum absolute atomic E-state index is 0.0383. The van der Waals surface area contributed by atoms with Gasteiger partial charge in [0.25, 0.3) is 0 Å². The van der Waals surface area contributed by atoms with Crippen molar-refractivity contribution in [2.75, 3.05) is 0 Å². The van der Waals surface area contributed by atoms with Crippen LogP contribution in [0.15, 0.2) is 12.2 Å². The van der Waals surface area contributed by atoms with E-state index in [0.29, 0.717) is 12.8 Å². The third-order valence-corrected chi connectivity index (χ3v) is 5.32. The number of rotatable bonds is 21. The van der Waals surface area contributed by atoms with Crippen LogP contribution in [0.4, 0.5) is 0 Å². The van der Waals surface area contributed by atoms with Crippen LogP contribution in [0.5, 0.6) is 0 Å². The molecule has 0 saturated heterocycles. The molecule has 0 aromatic heterocycles. The molecule has 0 aromatic rings. The van der Waals surface area contributed by atoms with Crippen molar-refractivity contribution in [3.63, 3.8) is 0 Å². The molecule has 0 aliphatic carbocycles. The van der Waals surface area contributed by atoms with Gasteiger partial charge in [-0.05, 0) is 25.7 Å². The van der Waals surface area contributed by atoms with Crippen LogP contribution < -0.4 is 0 Å². The van der Waals surface area contributed by atoms with E-state index in [1.165, 1.54) is 83.5 Å². The Morgan fingerprint density at radius 1 is 0.714 bits per heavy atom. The van der Waals surface area contributed by atoms with Crippen LogP contribution in [0.3, 0.4) is 0 Å². The highest BCUT2D eigenvalue weighted by atomic mass is 16.4. The molecular formula is C24H44O4. The number of allylic oxidation sites excluding steroid dienone is 1. The minimum atomic E-state index is -0.865. The molecule has 0 fully saturated rings. The summed E-state index contributed by atoms with van der Waals surface area (Å²) in [5.74, 6) is -2.27. The van der Waals surface area contributed by atoms with Gasteiger partial charge in [0.05, 0.1) is 5.92 Å². The molecule has 1 atom stereocenters. The lowest BCUT2D eigenvalue weighted by Gasteiger charge is -2.06. The average molecular weight is 397 g/mol. The topological polar surface area (TPSA) is 74.6 Å². The summed E-state index contributed by atoms with van der Waals surface area (Å²) in [7, 11) is 0. The van der Waals surface area contributed by atoms with Crippen molar-refractivity contribution >= 4 is 11.9 Å². The zero-order chi connectivity index (χ0) is 20.9. The Bertz CT molecular complexity index is 403. The fraction of sp³-hybridized carbons (Fsp3) is 0.833. The van der Waals surface area contributed by atoms with Crippen LogP contribution in [0.25, 0.3) is 0 Å². The maximum Gasteiger partial charge on any atom is 0.310 e. The molecular weight excluding hydrogens is 352 g/mol. The molecule has 1 unspecified atom stereocenters. The average Bonchev–Trinajstić information content (AvgIpc) is 2.65. The number of hydrogen-bond donors (Lipinski definition) is 2. The summed E-state index contributed by atoms with van der Waals surface area (Å²) in [6, 6.07) is 0. The van der Waals surface area contributed by atoms with Gasteiger partial charge in [-0.2, -0.15) is 0 Å². The second kappa shape index (κ2) is 20.4. The number of aliphatic carboxylic acids is 2. The Morgan fingerprint density at radius 3 is 1.61 bits per heavy atom. The predicted octanol–water partition coefficient (Wildman–Crippen LogP) is 7.37. The molecule has 0 radical (unpaired) electrons. The number of hydrogen-bond acceptors (Lipinski definition) is 2. The van der Waals surface area contributed by atoms with E-state index in [1.54, 1.807) is 6.08 Å². The molecule has 0 heterocycles. The fourth-order valence-electron chi connectivity index (χ4n) is 3.49. The van der Waals surface area contributed by atoms with E-state index in [9.17, 15) is 9.59 Å². The van der Waals surface area contributed by atoms with Gasteiger partial charge in [-0.15, -0.1) is 0 Å². The standard InChI is InChI=1S/C24H44O4/c1-2-3-4-5-6-7-8-9-10-11-12-13-14-15-16-17-19-22(24(27)28)20-18-21-23(25)26/h17,19,22H,2-16,18,20-21H2,1H3,(H,25,26)(H,27,28). The number of carboxylic acid groups (broad SMARTS) is 2. The van der Waals surface area contributed by atoms with Crippen molar-refractivity contribution in [2.24, 2.45) is 5.92 Å². The summed E-state index contributed by atoms with van der Waals surface area (Å²) in [6.07, 6.45) is 24.2. The highest BCUT2D eigenvalue weighted by molar-refractivity contribution is 5.72. The van der Waals surface area contributed by atoms with Crippen molar-refractivity contribution in [2.45, 2.75) is 122 Å². The highest BCUT2D eigenvalue weighted by Crippen LogP contribution is 2.15. The van der Waals surface area contributed by atoms with Gasteiger partial charge in [0, 0.05) is 6.42 Å². The monoisotopic (exact) mass is 396 g/mol. The van der Waals surface area contributed by atoms with Gasteiger partial charge in [0.2, 0.25) is 0 Å². The fourth-order valence-corrected chi connectivity index (χ4v) is 3.49. The first kappa shape index (κ1) is 26.7. The van der Waals surface area contributed by atoms with Crippen molar-refractivity contribution < 1.29 is 19.8 Å². The normalized spacial score (nSPS) is 12.5. The smallest absolute Gasteiger partial charge is 0.310 e. The molecule has 4 heteroatoms. The molecule has 0 aromatic carbocycles. The first-order valence-corrected chi connectivity index (χ1v) is 11.7. The van der Waals surface area contributed by atoms with Gasteiger partial charge in [-0.25, -0.2) is 0 Å². The van der Waals surface area contributed by atoms with Crippen molar-refractivity contribution in [3.05, 3.63) is 12.2 Å². The van der Waals surface area contributed by atoms with Gasteiger partial charge >= 0.3 is 11.9 Å². The Morgan fingerprint density at radius 2 is 1.18 bits per heavy atom. The first-order chi connectivity index (χ1) is 13.6. The lowest BCUT2D eigenvalue weighted by molar-refractivity contribution is -0.141. The molecule has 2 N–H and O–H groups in total. The molecule has 0 spiro atoms. The van der Waals surface area contributed by atoms with E-state index in [2.05, 4.69) is 6.92 Å². The summed E-state index contributed by atoms with van der Waals surface area (Å²) in [5.41, 5.74) is 0. The van der Waals surface area contributed by atoms with E-state index < -0.39 is 17.9 Å². The van der Waals surface area contributed by atoms with Crippen LogP contribution in [0.1, 0.15) is 122 Å². The summed E-state index contributed by atoms with van der Waals surface area (Å²) >= 11 is 0. The second-order valence-electron chi connectivity index (χ2n) is 8.04. The van der Waals surface area contributed by atoms with E-state index in [-0.39, 0.29) is 6.42 Å². The van der Waals surface area contributed by atoms with Crippen molar-refractivity contribution in [3.8, 4) is 0 Å². The lowest BCUT2D eigenvalue weighted by atomic mass is 10.0. The Kier molecular flexibility index (Phi) is 19.5. The molecule has 0 aliphatic rings. The molecule has 0 aliphatic heterocycles. The van der Waals surface area contributed by atoms with E-state index in [1.807, 2.05) is 6.08 Å². The van der Waals surface area contributed by atoms with Gasteiger partial charge < -0.3 is 10.2 Å². The summed E-state index contributed by atoms with van der Waals surface area (Å²) in [4.78, 5) is 21.7. The Hall–Kier alpha value is -1.32. The molecule has 0 saturated carbocycles. The summed E-state index contributed by atoms with van der Waals surface area (Å²) in [5, 5.41) is 17.8. The molecule has 0 amide bonds. The third-order valence-electron chi connectivity index (χ3n) is 5.32. The maximum absolute atomic E-state index is 11.2. The lowest BCUT2D eigenvalue weighted by Crippen LogP contribution is -2.11. The number of carbonyl (C=O) groups is 2. The zero-order valence-corrected chi connectivity index (χ0v) is 18.2. The van der Waals surface area contributed by atoms with Crippen molar-refractivity contribution in [1.82, 2.24) is 0 Å². The number of carboxylic acids is 2. The largest absolute Gasteiger partial charge is 0.481 e. The van der Waals surface area contributed by atoms with E-state index >= 15 is 0 Å². The molecule has 0 bridgehead atoms. The molecule has 164 valence electrons.